The maximum absolute atomic E-state index is 13.0. The summed E-state index contributed by atoms with van der Waals surface area (Å²) in [7, 11) is 0. The number of rotatable bonds is 2. The van der Waals surface area contributed by atoms with Crippen LogP contribution in [0.1, 0.15) is 11.1 Å². The smallest absolute Gasteiger partial charge is 0.422 e. The van der Waals surface area contributed by atoms with Crippen molar-refractivity contribution in [3.05, 3.63) is 70.7 Å². The molecule has 0 aliphatic heterocycles. The topological polar surface area (TPSA) is 26.1 Å². The lowest BCUT2D eigenvalue weighted by atomic mass is 10.1. The van der Waals surface area contributed by atoms with Crippen LogP contribution >= 0.6 is 0 Å². The average Bonchev–Trinajstić information content (AvgIpc) is 2.37. The highest BCUT2D eigenvalue weighted by Crippen LogP contribution is 2.35. The van der Waals surface area contributed by atoms with Crippen molar-refractivity contribution in [2.45, 2.75) is 6.18 Å². The van der Waals surface area contributed by atoms with Gasteiger partial charge in [-0.2, -0.15) is 17.9 Å². The lowest BCUT2D eigenvalue weighted by Crippen LogP contribution is -2.10. The lowest BCUT2D eigenvalue weighted by Gasteiger charge is -2.11. The second-order valence-corrected chi connectivity index (χ2v) is 4.02. The first-order valence-corrected chi connectivity index (χ1v) is 5.61. The number of hydrogen-bond acceptors (Lipinski definition) is 1. The first-order chi connectivity index (χ1) is 9.38. The van der Waals surface area contributed by atoms with Gasteiger partial charge in [-0.15, -0.1) is 0 Å². The third-order valence-corrected chi connectivity index (χ3v) is 2.56. The highest BCUT2D eigenvalue weighted by Gasteiger charge is 2.36. The fraction of sp³-hybridized carbons (Fsp3) is 0.0714. The van der Waals surface area contributed by atoms with Crippen LogP contribution in [0.5, 0.6) is 0 Å². The summed E-state index contributed by atoms with van der Waals surface area (Å²) in [5.41, 5.74) is -1.40. The van der Waals surface area contributed by atoms with E-state index in [1.807, 2.05) is 0 Å². The first kappa shape index (κ1) is 14.0. The number of para-hydroxylation sites is 1. The zero-order valence-electron chi connectivity index (χ0n) is 10.1. The van der Waals surface area contributed by atoms with Gasteiger partial charge >= 0.3 is 6.18 Å². The maximum Gasteiger partial charge on any atom is 0.422 e. The van der Waals surface area contributed by atoms with E-state index in [0.29, 0.717) is 0 Å². The Balaban J connectivity index is 2.46. The molecule has 2 aromatic rings. The minimum absolute atomic E-state index is 0.0809. The summed E-state index contributed by atoms with van der Waals surface area (Å²) in [5.74, 6) is -0.573. The molecule has 2 aromatic carbocycles. The van der Waals surface area contributed by atoms with Gasteiger partial charge in [-0.1, -0.05) is 18.2 Å². The third-order valence-electron chi connectivity index (χ3n) is 2.56. The Morgan fingerprint density at radius 1 is 1.00 bits per heavy atom. The quantitative estimate of drug-likeness (QED) is 0.268. The lowest BCUT2D eigenvalue weighted by molar-refractivity contribution is -0.358. The predicted octanol–water partition coefficient (Wildman–Crippen LogP) is 4.11. The molecule has 0 unspecified atom stereocenters. The standard InChI is InChI=1S/C14H9F4NO/c15-11-5-3-4-10(8-11)9-19(20)13-7-2-1-6-12(13)14(16,17)18/h1-9H. The molecule has 0 aromatic heterocycles. The van der Waals surface area contributed by atoms with E-state index in [-0.39, 0.29) is 10.3 Å². The Bertz CT molecular complexity index is 650. The molecular formula is C14H9F4NO. The molecular weight excluding hydrogens is 274 g/mol. The van der Waals surface area contributed by atoms with Gasteiger partial charge < -0.3 is 5.21 Å². The summed E-state index contributed by atoms with van der Waals surface area (Å²) < 4.78 is 51.4. The van der Waals surface area contributed by atoms with Crippen LogP contribution in [0.2, 0.25) is 0 Å². The highest BCUT2D eigenvalue weighted by atomic mass is 19.4. The van der Waals surface area contributed by atoms with Crippen LogP contribution in [0.3, 0.4) is 0 Å². The normalized spacial score (nSPS) is 12.5. The molecule has 0 aliphatic rings. The highest BCUT2D eigenvalue weighted by molar-refractivity contribution is 5.76. The Morgan fingerprint density at radius 2 is 1.70 bits per heavy atom. The summed E-state index contributed by atoms with van der Waals surface area (Å²) in [6.07, 6.45) is -3.73. The van der Waals surface area contributed by atoms with E-state index in [9.17, 15) is 22.8 Å². The second kappa shape index (κ2) is 5.32. The van der Waals surface area contributed by atoms with Crippen molar-refractivity contribution in [3.8, 4) is 0 Å². The Labute approximate surface area is 112 Å². The van der Waals surface area contributed by atoms with E-state index in [4.69, 9.17) is 0 Å². The van der Waals surface area contributed by atoms with Gasteiger partial charge in [0.25, 0.3) is 0 Å². The molecule has 0 saturated carbocycles. The minimum Gasteiger partial charge on any atom is -0.618 e. The average molecular weight is 283 g/mol. The summed E-state index contributed by atoms with van der Waals surface area (Å²) in [6, 6.07) is 9.43. The van der Waals surface area contributed by atoms with Gasteiger partial charge in [0.15, 0.2) is 6.21 Å². The van der Waals surface area contributed by atoms with Gasteiger partial charge in [-0.3, -0.25) is 0 Å². The Hall–Kier alpha value is -2.37. The van der Waals surface area contributed by atoms with E-state index in [1.54, 1.807) is 0 Å². The zero-order valence-corrected chi connectivity index (χ0v) is 10.1. The van der Waals surface area contributed by atoms with E-state index >= 15 is 0 Å². The van der Waals surface area contributed by atoms with Gasteiger partial charge in [-0.05, 0) is 24.3 Å². The molecule has 0 N–H and O–H groups in total. The zero-order chi connectivity index (χ0) is 14.8. The molecule has 0 bridgehead atoms. The molecule has 0 radical (unpaired) electrons. The largest absolute Gasteiger partial charge is 0.618 e. The van der Waals surface area contributed by atoms with Crippen molar-refractivity contribution in [3.63, 3.8) is 0 Å². The fourth-order valence-electron chi connectivity index (χ4n) is 1.70. The Kier molecular flexibility index (Phi) is 3.74. The van der Waals surface area contributed by atoms with Crippen LogP contribution in [0, 0.1) is 11.0 Å². The van der Waals surface area contributed by atoms with E-state index in [1.165, 1.54) is 30.3 Å². The molecule has 6 heteroatoms. The van der Waals surface area contributed by atoms with Crippen molar-refractivity contribution in [1.82, 2.24) is 0 Å². The summed E-state index contributed by atoms with van der Waals surface area (Å²) in [5, 5.41) is 11.8. The number of halogens is 4. The van der Waals surface area contributed by atoms with Crippen LogP contribution in [-0.4, -0.2) is 11.0 Å². The number of nitrogens with zero attached hydrogens (tertiary/aromatic N) is 1. The van der Waals surface area contributed by atoms with Crippen LogP contribution in [0.4, 0.5) is 23.2 Å². The van der Waals surface area contributed by atoms with E-state index < -0.39 is 23.2 Å². The van der Waals surface area contributed by atoms with Crippen molar-refractivity contribution < 1.29 is 22.3 Å². The van der Waals surface area contributed by atoms with Gasteiger partial charge in [0, 0.05) is 11.6 Å². The molecule has 0 amide bonds. The van der Waals surface area contributed by atoms with Gasteiger partial charge in [0.05, 0.1) is 0 Å². The molecule has 0 fully saturated rings. The molecule has 0 saturated heterocycles. The van der Waals surface area contributed by atoms with Crippen LogP contribution < -0.4 is 0 Å². The van der Waals surface area contributed by atoms with Crippen LogP contribution in [0.15, 0.2) is 48.5 Å². The molecule has 20 heavy (non-hydrogen) atoms. The SMILES string of the molecule is [O-][N+](=Cc1cccc(F)c1)c1ccccc1C(F)(F)F. The predicted molar refractivity (Wildman–Crippen MR) is 66.3 cm³/mol. The molecule has 0 spiro atoms. The van der Waals surface area contributed by atoms with Gasteiger partial charge in [0.1, 0.15) is 11.4 Å². The monoisotopic (exact) mass is 283 g/mol. The fourth-order valence-corrected chi connectivity index (χ4v) is 1.70. The molecule has 0 aliphatic carbocycles. The van der Waals surface area contributed by atoms with E-state index in [2.05, 4.69) is 0 Å². The van der Waals surface area contributed by atoms with Crippen molar-refractivity contribution >= 4 is 11.9 Å². The second-order valence-electron chi connectivity index (χ2n) is 4.02. The molecule has 2 nitrogen and oxygen atoms in total. The third kappa shape index (κ3) is 3.14. The molecule has 2 rings (SSSR count). The summed E-state index contributed by atoms with van der Waals surface area (Å²) in [4.78, 5) is 0. The maximum atomic E-state index is 13.0. The van der Waals surface area contributed by atoms with Gasteiger partial charge in [-0.25, -0.2) is 4.39 Å². The van der Waals surface area contributed by atoms with Gasteiger partial charge in [0.2, 0.25) is 5.69 Å². The van der Waals surface area contributed by atoms with Crippen molar-refractivity contribution in [2.24, 2.45) is 0 Å². The number of benzene rings is 2. The van der Waals surface area contributed by atoms with Crippen LogP contribution in [-0.2, 0) is 6.18 Å². The number of hydrogen-bond donors (Lipinski definition) is 0. The molecule has 0 heterocycles. The minimum atomic E-state index is -4.63. The summed E-state index contributed by atoms with van der Waals surface area (Å²) >= 11 is 0. The van der Waals surface area contributed by atoms with Crippen molar-refractivity contribution in [2.75, 3.05) is 0 Å². The Morgan fingerprint density at radius 3 is 2.35 bits per heavy atom. The first-order valence-electron chi connectivity index (χ1n) is 5.61. The number of alkyl halides is 3. The van der Waals surface area contributed by atoms with E-state index in [0.717, 1.165) is 24.4 Å². The summed E-state index contributed by atoms with van der Waals surface area (Å²) in [6.45, 7) is 0. The van der Waals surface area contributed by atoms with Crippen LogP contribution in [0.25, 0.3) is 0 Å². The molecule has 0 atom stereocenters. The van der Waals surface area contributed by atoms with Crippen molar-refractivity contribution in [1.29, 1.82) is 0 Å². The molecule has 104 valence electrons.